The Bertz CT molecular complexity index is 2810. The van der Waals surface area contributed by atoms with E-state index in [2.05, 4.69) is 31.9 Å². The first-order chi connectivity index (χ1) is 33.3. The predicted octanol–water partition coefficient (Wildman–Crippen LogP) is 16.7. The zero-order chi connectivity index (χ0) is 46.7. The van der Waals surface area contributed by atoms with E-state index in [1.807, 2.05) is 221 Å². The van der Waals surface area contributed by atoms with Crippen LogP contribution in [0.25, 0.3) is 0 Å². The van der Waals surface area contributed by atoms with Crippen molar-refractivity contribution < 1.29 is 18.1 Å². The van der Waals surface area contributed by atoms with Crippen molar-refractivity contribution in [1.82, 2.24) is 0 Å². The lowest BCUT2D eigenvalue weighted by molar-refractivity contribution is 0.296. The number of benzene rings is 9. The molecule has 0 aliphatic carbocycles. The quantitative estimate of drug-likeness (QED) is 0.0465. The molecule has 0 saturated carbocycles. The molecule has 0 bridgehead atoms. The molecule has 9 aromatic carbocycles. The van der Waals surface area contributed by atoms with Crippen LogP contribution >= 0.6 is 7.82 Å². The van der Waals surface area contributed by atoms with Crippen LogP contribution in [0.2, 0.25) is 0 Å². The summed E-state index contributed by atoms with van der Waals surface area (Å²) in [5, 5.41) is 21.3. The average Bonchev–Trinajstić information content (AvgIpc) is 3.37. The standard InChI is InChI=1S/C57H51N6O4P/c1-40-52(37-34-49(58-43-22-10-4-11-23-43)55(40)61-46-28-16-7-17-29-46)65-68(64,66-53-38-35-50(59-44-24-12-5-13-25-44)56(41(53)2)62-47-30-18-8-19-31-47)67-54-39-36-51(60-45-26-14-6-15-27-45)57(42(54)3)63-48-32-20-9-21-33-48/h4-39,58-63H,1-3H3. The van der Waals surface area contributed by atoms with Gasteiger partial charge in [0.2, 0.25) is 0 Å². The second kappa shape index (κ2) is 20.7. The first kappa shape index (κ1) is 44.6. The molecule has 9 rings (SSSR count). The second-order valence-corrected chi connectivity index (χ2v) is 17.4. The maximum absolute atomic E-state index is 15.9. The molecule has 0 radical (unpaired) electrons. The minimum atomic E-state index is -4.66. The molecule has 6 N–H and O–H groups in total. The number of nitrogens with one attached hydrogen (secondary N) is 6. The summed E-state index contributed by atoms with van der Waals surface area (Å²) in [4.78, 5) is 0. The first-order valence-electron chi connectivity index (χ1n) is 22.3. The van der Waals surface area contributed by atoms with E-state index in [4.69, 9.17) is 13.6 Å². The van der Waals surface area contributed by atoms with E-state index in [-0.39, 0.29) is 17.2 Å². The SMILES string of the molecule is Cc1c(OP(=O)(Oc2ccc(Nc3ccccc3)c(Nc3ccccc3)c2C)Oc2ccc(Nc3ccccc3)c(Nc3ccccc3)c2C)ccc(Nc2ccccc2)c1Nc1ccccc1. The number of para-hydroxylation sites is 6. The van der Waals surface area contributed by atoms with Crippen molar-refractivity contribution in [1.29, 1.82) is 0 Å². The molecule has 11 heteroatoms. The first-order valence-corrected chi connectivity index (χ1v) is 23.7. The Morgan fingerprint density at radius 1 is 0.279 bits per heavy atom. The van der Waals surface area contributed by atoms with E-state index in [0.29, 0.717) is 33.8 Å². The summed E-state index contributed by atoms with van der Waals surface area (Å²) in [5.41, 5.74) is 11.8. The zero-order valence-corrected chi connectivity index (χ0v) is 38.8. The Balaban J connectivity index is 1.15. The van der Waals surface area contributed by atoms with Crippen LogP contribution in [0.1, 0.15) is 16.7 Å². The molecule has 0 spiro atoms. The third-order valence-electron chi connectivity index (χ3n) is 11.2. The van der Waals surface area contributed by atoms with Crippen molar-refractivity contribution >= 4 is 76.1 Å². The van der Waals surface area contributed by atoms with Crippen LogP contribution in [0.3, 0.4) is 0 Å². The maximum Gasteiger partial charge on any atom is 0.647 e. The lowest BCUT2D eigenvalue weighted by atomic mass is 10.1. The summed E-state index contributed by atoms with van der Waals surface area (Å²) >= 11 is 0. The smallest absolute Gasteiger partial charge is 0.386 e. The highest BCUT2D eigenvalue weighted by Crippen LogP contribution is 2.55. The zero-order valence-electron chi connectivity index (χ0n) is 37.9. The Morgan fingerprint density at radius 2 is 0.485 bits per heavy atom. The van der Waals surface area contributed by atoms with E-state index >= 15 is 4.57 Å². The fraction of sp³-hybridized carbons (Fsp3) is 0.0526. The molecule has 10 nitrogen and oxygen atoms in total. The molecule has 0 aromatic heterocycles. The van der Waals surface area contributed by atoms with Gasteiger partial charge < -0.3 is 45.5 Å². The molecule has 0 amide bonds. The van der Waals surface area contributed by atoms with E-state index in [0.717, 1.165) is 51.2 Å². The van der Waals surface area contributed by atoms with Gasteiger partial charge >= 0.3 is 7.82 Å². The van der Waals surface area contributed by atoms with E-state index < -0.39 is 7.82 Å². The van der Waals surface area contributed by atoms with E-state index in [1.165, 1.54) is 0 Å². The Kier molecular flexibility index (Phi) is 13.6. The summed E-state index contributed by atoms with van der Waals surface area (Å²) in [6, 6.07) is 70.3. The normalized spacial score (nSPS) is 10.9. The molecule has 0 heterocycles. The number of phosphoric acid groups is 1. The van der Waals surface area contributed by atoms with Crippen LogP contribution in [-0.4, -0.2) is 0 Å². The van der Waals surface area contributed by atoms with Crippen LogP contribution < -0.4 is 45.5 Å². The highest BCUT2D eigenvalue weighted by Gasteiger charge is 2.36. The largest absolute Gasteiger partial charge is 0.647 e. The maximum atomic E-state index is 15.9. The van der Waals surface area contributed by atoms with Gasteiger partial charge in [-0.2, -0.15) is 4.57 Å². The van der Waals surface area contributed by atoms with Crippen molar-refractivity contribution in [3.8, 4) is 17.2 Å². The van der Waals surface area contributed by atoms with Crippen LogP contribution in [0.5, 0.6) is 17.2 Å². The molecule has 68 heavy (non-hydrogen) atoms. The lowest BCUT2D eigenvalue weighted by Crippen LogP contribution is -2.11. The molecule has 0 aliphatic rings. The molecule has 9 aromatic rings. The van der Waals surface area contributed by atoms with Crippen LogP contribution in [0.15, 0.2) is 218 Å². The van der Waals surface area contributed by atoms with Crippen molar-refractivity contribution in [2.75, 3.05) is 31.9 Å². The summed E-state index contributed by atoms with van der Waals surface area (Å²) < 4.78 is 36.0. The van der Waals surface area contributed by atoms with Gasteiger partial charge in [-0.1, -0.05) is 109 Å². The van der Waals surface area contributed by atoms with Gasteiger partial charge in [0, 0.05) is 50.8 Å². The van der Waals surface area contributed by atoms with E-state index in [9.17, 15) is 0 Å². The molecule has 0 unspecified atom stereocenters. The number of phosphoric ester groups is 1. The summed E-state index contributed by atoms with van der Waals surface area (Å²) in [5.74, 6) is 0.863. The van der Waals surface area contributed by atoms with Crippen molar-refractivity contribution in [2.24, 2.45) is 0 Å². The molecule has 0 aliphatic heterocycles. The van der Waals surface area contributed by atoms with Gasteiger partial charge in [0.25, 0.3) is 0 Å². The average molecular weight is 915 g/mol. The number of anilines is 12. The van der Waals surface area contributed by atoms with Gasteiger partial charge in [0.15, 0.2) is 0 Å². The van der Waals surface area contributed by atoms with E-state index in [1.54, 1.807) is 18.2 Å². The number of hydrogen-bond donors (Lipinski definition) is 6. The molecule has 0 atom stereocenters. The van der Waals surface area contributed by atoms with Gasteiger partial charge in [-0.05, 0) is 130 Å². The van der Waals surface area contributed by atoms with Gasteiger partial charge in [-0.15, -0.1) is 0 Å². The monoisotopic (exact) mass is 914 g/mol. The molecular weight excluding hydrogens is 864 g/mol. The third kappa shape index (κ3) is 10.9. The van der Waals surface area contributed by atoms with Gasteiger partial charge in [-0.25, -0.2) is 0 Å². The summed E-state index contributed by atoms with van der Waals surface area (Å²) in [7, 11) is -4.66. The Morgan fingerprint density at radius 3 is 0.706 bits per heavy atom. The van der Waals surface area contributed by atoms with Crippen molar-refractivity contribution in [3.05, 3.63) is 235 Å². The van der Waals surface area contributed by atoms with Crippen molar-refractivity contribution in [3.63, 3.8) is 0 Å². The predicted molar refractivity (Wildman–Crippen MR) is 281 cm³/mol. The Labute approximate surface area is 397 Å². The number of hydrogen-bond acceptors (Lipinski definition) is 10. The molecule has 0 saturated heterocycles. The second-order valence-electron chi connectivity index (χ2n) is 16.0. The highest BCUT2D eigenvalue weighted by atomic mass is 31.2. The lowest BCUT2D eigenvalue weighted by Gasteiger charge is -2.26. The third-order valence-corrected chi connectivity index (χ3v) is 12.4. The van der Waals surface area contributed by atoms with Crippen molar-refractivity contribution in [2.45, 2.75) is 20.8 Å². The topological polar surface area (TPSA) is 117 Å². The van der Waals surface area contributed by atoms with Gasteiger partial charge in [0.05, 0.1) is 34.1 Å². The van der Waals surface area contributed by atoms with Crippen LogP contribution in [0, 0.1) is 20.8 Å². The van der Waals surface area contributed by atoms with Gasteiger partial charge in [-0.3, -0.25) is 0 Å². The molecular formula is C57H51N6O4P. The highest BCUT2D eigenvalue weighted by molar-refractivity contribution is 7.49. The minimum Gasteiger partial charge on any atom is -0.386 e. The fourth-order valence-corrected chi connectivity index (χ4v) is 9.04. The summed E-state index contributed by atoms with van der Waals surface area (Å²) in [6.45, 7) is 5.74. The minimum absolute atomic E-state index is 0.288. The number of rotatable bonds is 18. The fourth-order valence-electron chi connectivity index (χ4n) is 7.62. The van der Waals surface area contributed by atoms with Crippen LogP contribution in [-0.2, 0) is 4.57 Å². The van der Waals surface area contributed by atoms with Gasteiger partial charge in [0.1, 0.15) is 17.2 Å². The van der Waals surface area contributed by atoms with Crippen LogP contribution in [0.4, 0.5) is 68.2 Å². The summed E-state index contributed by atoms with van der Waals surface area (Å²) in [6.07, 6.45) is 0. The Hall–Kier alpha value is -8.59. The molecule has 0 fully saturated rings. The molecule has 338 valence electrons.